The zero-order valence-corrected chi connectivity index (χ0v) is 12.3. The van der Waals surface area contributed by atoms with Gasteiger partial charge in [0, 0.05) is 32.1 Å². The summed E-state index contributed by atoms with van der Waals surface area (Å²) in [4.78, 5) is 3.91. The van der Waals surface area contributed by atoms with Crippen molar-refractivity contribution in [1.82, 2.24) is 9.29 Å². The first kappa shape index (κ1) is 14.7. The lowest BCUT2D eigenvalue weighted by Crippen LogP contribution is -2.35. The van der Waals surface area contributed by atoms with Crippen LogP contribution in [0.4, 0.5) is 0 Å². The van der Waals surface area contributed by atoms with Crippen LogP contribution in [0, 0.1) is 5.92 Å². The van der Waals surface area contributed by atoms with E-state index in [1.807, 2.05) is 6.92 Å². The van der Waals surface area contributed by atoms with E-state index in [4.69, 9.17) is 16.3 Å². The summed E-state index contributed by atoms with van der Waals surface area (Å²) in [7, 11) is -3.59. The maximum Gasteiger partial charge on any atom is 0.246 e. The van der Waals surface area contributed by atoms with Gasteiger partial charge < -0.3 is 4.74 Å². The first-order valence-electron chi connectivity index (χ1n) is 6.23. The molecule has 0 N–H and O–H groups in total. The van der Waals surface area contributed by atoms with Gasteiger partial charge in [0.15, 0.2) is 0 Å². The molecule has 106 valence electrons. The number of hydrogen-bond acceptors (Lipinski definition) is 4. The quantitative estimate of drug-likeness (QED) is 0.832. The predicted octanol–water partition coefficient (Wildman–Crippen LogP) is 1.78. The topological polar surface area (TPSA) is 59.5 Å². The van der Waals surface area contributed by atoms with Crippen LogP contribution in [-0.4, -0.2) is 44.0 Å². The zero-order valence-electron chi connectivity index (χ0n) is 10.8. The second-order valence-electron chi connectivity index (χ2n) is 4.49. The molecule has 1 aromatic rings. The summed E-state index contributed by atoms with van der Waals surface area (Å²) in [6.07, 6.45) is 3.67. The summed E-state index contributed by atoms with van der Waals surface area (Å²) in [5, 5.41) is 0.205. The van der Waals surface area contributed by atoms with E-state index in [0.717, 1.165) is 6.42 Å². The predicted molar refractivity (Wildman–Crippen MR) is 72.6 cm³/mol. The van der Waals surface area contributed by atoms with Crippen LogP contribution in [0.15, 0.2) is 23.4 Å². The van der Waals surface area contributed by atoms with Gasteiger partial charge in [0.25, 0.3) is 0 Å². The maximum atomic E-state index is 12.5. The van der Waals surface area contributed by atoms with Crippen molar-refractivity contribution < 1.29 is 13.2 Å². The maximum absolute atomic E-state index is 12.5. The number of halogens is 1. The Morgan fingerprint density at radius 3 is 2.95 bits per heavy atom. The van der Waals surface area contributed by atoms with E-state index in [0.29, 0.717) is 26.3 Å². The molecular formula is C12H17ClN2O3S. The molecule has 1 atom stereocenters. The minimum atomic E-state index is -3.59. The molecule has 1 unspecified atom stereocenters. The molecule has 0 aliphatic carbocycles. The summed E-state index contributed by atoms with van der Waals surface area (Å²) >= 11 is 5.96. The lowest BCUT2D eigenvalue weighted by atomic mass is 10.1. The Kier molecular flexibility index (Phi) is 4.78. The van der Waals surface area contributed by atoms with Crippen molar-refractivity contribution in [2.75, 3.05) is 26.3 Å². The van der Waals surface area contributed by atoms with Gasteiger partial charge in [-0.3, -0.25) is 4.98 Å². The molecule has 1 fully saturated rings. The molecule has 1 aromatic heterocycles. The van der Waals surface area contributed by atoms with Crippen LogP contribution in [0.3, 0.4) is 0 Å². The van der Waals surface area contributed by atoms with Crippen molar-refractivity contribution in [3.8, 4) is 0 Å². The number of rotatable bonds is 5. The minimum Gasteiger partial charge on any atom is -0.381 e. The fourth-order valence-electron chi connectivity index (χ4n) is 2.10. The second-order valence-corrected chi connectivity index (χ2v) is 6.80. The van der Waals surface area contributed by atoms with Gasteiger partial charge in [0.1, 0.15) is 4.90 Å². The van der Waals surface area contributed by atoms with E-state index >= 15 is 0 Å². The highest BCUT2D eigenvalue weighted by atomic mass is 35.5. The summed E-state index contributed by atoms with van der Waals surface area (Å²) in [5.74, 6) is 0.255. The van der Waals surface area contributed by atoms with Gasteiger partial charge in [-0.05, 0) is 18.4 Å². The van der Waals surface area contributed by atoms with Gasteiger partial charge in [-0.15, -0.1) is 0 Å². The van der Waals surface area contributed by atoms with Crippen LogP contribution < -0.4 is 0 Å². The van der Waals surface area contributed by atoms with Crippen LogP contribution >= 0.6 is 11.6 Å². The second kappa shape index (κ2) is 6.17. The molecule has 2 heterocycles. The third kappa shape index (κ3) is 3.25. The molecule has 0 aromatic carbocycles. The zero-order chi connectivity index (χ0) is 13.9. The van der Waals surface area contributed by atoms with Crippen LogP contribution in [0.5, 0.6) is 0 Å². The van der Waals surface area contributed by atoms with Crippen molar-refractivity contribution in [2.45, 2.75) is 18.2 Å². The molecule has 0 saturated carbocycles. The largest absolute Gasteiger partial charge is 0.381 e. The Bertz CT molecular complexity index is 530. The molecule has 7 heteroatoms. The lowest BCUT2D eigenvalue weighted by Gasteiger charge is -2.23. The standard InChI is InChI=1S/C12H17ClN2O3S/c1-2-15(8-10-4-6-18-9-10)19(16,17)12-7-14-5-3-11(12)13/h3,5,7,10H,2,4,6,8-9H2,1H3. The Hall–Kier alpha value is -0.690. The summed E-state index contributed by atoms with van der Waals surface area (Å²) in [6, 6.07) is 1.49. The normalized spacial score (nSPS) is 20.1. The van der Waals surface area contributed by atoms with Gasteiger partial charge in [0.05, 0.1) is 11.6 Å². The number of ether oxygens (including phenoxy) is 1. The molecule has 19 heavy (non-hydrogen) atoms. The molecule has 0 amide bonds. The molecule has 5 nitrogen and oxygen atoms in total. The van der Waals surface area contributed by atoms with E-state index in [-0.39, 0.29) is 15.8 Å². The Balaban J connectivity index is 2.23. The van der Waals surface area contributed by atoms with Gasteiger partial charge >= 0.3 is 0 Å². The number of aromatic nitrogens is 1. The van der Waals surface area contributed by atoms with Gasteiger partial charge in [-0.1, -0.05) is 18.5 Å². The highest BCUT2D eigenvalue weighted by Crippen LogP contribution is 2.25. The highest BCUT2D eigenvalue weighted by molar-refractivity contribution is 7.89. The van der Waals surface area contributed by atoms with Crippen LogP contribution in [0.25, 0.3) is 0 Å². The fourth-order valence-corrected chi connectivity index (χ4v) is 4.04. The van der Waals surface area contributed by atoms with Crippen LogP contribution in [0.1, 0.15) is 13.3 Å². The Morgan fingerprint density at radius 2 is 2.37 bits per heavy atom. The minimum absolute atomic E-state index is 0.0671. The average Bonchev–Trinajstić information content (AvgIpc) is 2.89. The third-order valence-corrected chi connectivity index (χ3v) is 5.60. The number of hydrogen-bond donors (Lipinski definition) is 0. The summed E-state index contributed by atoms with van der Waals surface area (Å²) in [6.45, 7) is 4.01. The van der Waals surface area contributed by atoms with Gasteiger partial charge in [-0.2, -0.15) is 4.31 Å². The number of nitrogens with zero attached hydrogens (tertiary/aromatic N) is 2. The molecule has 1 saturated heterocycles. The van der Waals surface area contributed by atoms with Crippen LogP contribution in [-0.2, 0) is 14.8 Å². The first-order chi connectivity index (χ1) is 9.05. The number of sulfonamides is 1. The van der Waals surface area contributed by atoms with Crippen molar-refractivity contribution in [3.05, 3.63) is 23.5 Å². The van der Waals surface area contributed by atoms with E-state index in [1.54, 1.807) is 0 Å². The molecule has 0 spiro atoms. The average molecular weight is 305 g/mol. The van der Waals surface area contributed by atoms with Crippen molar-refractivity contribution in [2.24, 2.45) is 5.92 Å². The summed E-state index contributed by atoms with van der Waals surface area (Å²) in [5.41, 5.74) is 0. The Labute approximate surface area is 118 Å². The molecule has 0 bridgehead atoms. The molecule has 2 rings (SSSR count). The van der Waals surface area contributed by atoms with Gasteiger partial charge in [0.2, 0.25) is 10.0 Å². The molecule has 1 aliphatic heterocycles. The van der Waals surface area contributed by atoms with E-state index < -0.39 is 10.0 Å². The van der Waals surface area contributed by atoms with E-state index in [2.05, 4.69) is 4.98 Å². The molecular weight excluding hydrogens is 288 g/mol. The molecule has 0 radical (unpaired) electrons. The van der Waals surface area contributed by atoms with Gasteiger partial charge in [-0.25, -0.2) is 8.42 Å². The van der Waals surface area contributed by atoms with E-state index in [9.17, 15) is 8.42 Å². The number of pyridine rings is 1. The van der Waals surface area contributed by atoms with Crippen LogP contribution in [0.2, 0.25) is 5.02 Å². The smallest absolute Gasteiger partial charge is 0.246 e. The first-order valence-corrected chi connectivity index (χ1v) is 8.05. The fraction of sp³-hybridized carbons (Fsp3) is 0.583. The summed E-state index contributed by atoms with van der Waals surface area (Å²) < 4.78 is 31.8. The lowest BCUT2D eigenvalue weighted by molar-refractivity contribution is 0.181. The monoisotopic (exact) mass is 304 g/mol. The van der Waals surface area contributed by atoms with Crippen molar-refractivity contribution in [3.63, 3.8) is 0 Å². The Morgan fingerprint density at radius 1 is 1.58 bits per heavy atom. The van der Waals surface area contributed by atoms with Crippen molar-refractivity contribution in [1.29, 1.82) is 0 Å². The van der Waals surface area contributed by atoms with Crippen molar-refractivity contribution >= 4 is 21.6 Å². The molecule has 1 aliphatic rings. The van der Waals surface area contributed by atoms with E-state index in [1.165, 1.54) is 22.8 Å². The SMILES string of the molecule is CCN(CC1CCOC1)S(=O)(=O)c1cnccc1Cl. The highest BCUT2D eigenvalue weighted by Gasteiger charge is 2.29. The third-order valence-electron chi connectivity index (χ3n) is 3.19.